The van der Waals surface area contributed by atoms with E-state index in [2.05, 4.69) is 10.8 Å². The summed E-state index contributed by atoms with van der Waals surface area (Å²) in [5.41, 5.74) is 4.97. The Bertz CT molecular complexity index is 480. The molecule has 0 aromatic heterocycles. The number of carbonyl (C=O) groups excluding carboxylic acids is 2. The summed E-state index contributed by atoms with van der Waals surface area (Å²) in [6.07, 6.45) is 0. The number of likely N-dealkylation sites (N-methyl/N-ethyl adjacent to an activating group) is 1. The van der Waals surface area contributed by atoms with Crippen molar-refractivity contribution in [3.63, 3.8) is 0 Å². The molecule has 98 valence electrons. The Morgan fingerprint density at radius 2 is 1.50 bits per heavy atom. The molecule has 18 heavy (non-hydrogen) atoms. The number of carbonyl (C=O) groups is 2. The molecule has 1 aromatic rings. The zero-order chi connectivity index (χ0) is 14.0. The van der Waals surface area contributed by atoms with E-state index < -0.39 is 11.9 Å². The van der Waals surface area contributed by atoms with Crippen LogP contribution in [0.4, 0.5) is 5.69 Å². The normalized spacial score (nSPS) is 10.1. The van der Waals surface area contributed by atoms with Crippen molar-refractivity contribution in [3.8, 4) is 0 Å². The molecule has 0 unspecified atom stereocenters. The molecule has 1 amide bonds. The van der Waals surface area contributed by atoms with Crippen molar-refractivity contribution in [2.24, 2.45) is 0 Å². The van der Waals surface area contributed by atoms with Crippen LogP contribution in [0.1, 0.15) is 22.3 Å². The highest BCUT2D eigenvalue weighted by molar-refractivity contribution is 6.38. The molecular formula is C14H19NO3. The minimum atomic E-state index is -0.851. The molecule has 4 nitrogen and oxygen atoms in total. The van der Waals surface area contributed by atoms with Gasteiger partial charge in [0, 0.05) is 7.05 Å². The average Bonchev–Trinajstić information content (AvgIpc) is 2.34. The van der Waals surface area contributed by atoms with E-state index in [-0.39, 0.29) is 0 Å². The molecule has 0 fully saturated rings. The Morgan fingerprint density at radius 1 is 1.06 bits per heavy atom. The largest absolute Gasteiger partial charge is 0.462 e. The predicted octanol–water partition coefficient (Wildman–Crippen LogP) is 2.06. The number of anilines is 1. The van der Waals surface area contributed by atoms with Crippen LogP contribution in [0.5, 0.6) is 0 Å². The number of ether oxygens (including phenoxy) is 1. The van der Waals surface area contributed by atoms with Gasteiger partial charge in [-0.05, 0) is 49.9 Å². The Balaban J connectivity index is 3.33. The number of nitrogens with zero attached hydrogens (tertiary/aromatic N) is 1. The molecule has 0 aliphatic carbocycles. The van der Waals surface area contributed by atoms with Crippen molar-refractivity contribution in [2.45, 2.75) is 27.7 Å². The van der Waals surface area contributed by atoms with Crippen LogP contribution < -0.4 is 4.90 Å². The monoisotopic (exact) mass is 249 g/mol. The van der Waals surface area contributed by atoms with Gasteiger partial charge in [0.05, 0.1) is 12.8 Å². The van der Waals surface area contributed by atoms with E-state index in [0.717, 1.165) is 27.9 Å². The molecule has 1 rings (SSSR count). The SMILES string of the molecule is COC(=O)C(=O)N(C)c1c(C)c(C)cc(C)c1C. The lowest BCUT2D eigenvalue weighted by Crippen LogP contribution is -2.35. The van der Waals surface area contributed by atoms with Gasteiger partial charge >= 0.3 is 11.9 Å². The van der Waals surface area contributed by atoms with E-state index in [1.165, 1.54) is 12.0 Å². The fraction of sp³-hybridized carbons (Fsp3) is 0.429. The minimum absolute atomic E-state index is 0.659. The predicted molar refractivity (Wildman–Crippen MR) is 70.8 cm³/mol. The lowest BCUT2D eigenvalue weighted by atomic mass is 9.98. The van der Waals surface area contributed by atoms with E-state index in [0.29, 0.717) is 0 Å². The van der Waals surface area contributed by atoms with Gasteiger partial charge in [0.2, 0.25) is 0 Å². The summed E-state index contributed by atoms with van der Waals surface area (Å²) < 4.78 is 4.46. The number of benzene rings is 1. The van der Waals surface area contributed by atoms with Gasteiger partial charge in [0.25, 0.3) is 0 Å². The molecule has 0 saturated carbocycles. The van der Waals surface area contributed by atoms with Crippen LogP contribution in [0, 0.1) is 27.7 Å². The summed E-state index contributed by atoms with van der Waals surface area (Å²) >= 11 is 0. The summed E-state index contributed by atoms with van der Waals surface area (Å²) in [5, 5.41) is 0. The molecule has 0 heterocycles. The van der Waals surface area contributed by atoms with Crippen LogP contribution in [0.3, 0.4) is 0 Å². The van der Waals surface area contributed by atoms with Crippen LogP contribution in [0.2, 0.25) is 0 Å². The summed E-state index contributed by atoms with van der Waals surface area (Å²) in [4.78, 5) is 24.5. The molecular weight excluding hydrogens is 230 g/mol. The standard InChI is InChI=1S/C14H19NO3/c1-8-7-9(2)11(4)12(10(8)3)15(5)13(16)14(17)18-6/h7H,1-6H3. The third-order valence-corrected chi connectivity index (χ3v) is 3.33. The molecule has 0 radical (unpaired) electrons. The van der Waals surface area contributed by atoms with Crippen molar-refractivity contribution in [3.05, 3.63) is 28.3 Å². The molecule has 1 aromatic carbocycles. The van der Waals surface area contributed by atoms with Crippen molar-refractivity contribution in [1.82, 2.24) is 0 Å². The van der Waals surface area contributed by atoms with Crippen LogP contribution in [0.25, 0.3) is 0 Å². The number of amides is 1. The maximum absolute atomic E-state index is 11.9. The van der Waals surface area contributed by atoms with E-state index in [1.54, 1.807) is 7.05 Å². The molecule has 0 aliphatic rings. The lowest BCUT2D eigenvalue weighted by molar-refractivity contribution is -0.151. The highest BCUT2D eigenvalue weighted by atomic mass is 16.5. The van der Waals surface area contributed by atoms with Crippen LogP contribution in [-0.4, -0.2) is 26.0 Å². The minimum Gasteiger partial charge on any atom is -0.462 e. The van der Waals surface area contributed by atoms with Gasteiger partial charge < -0.3 is 9.64 Å². The van der Waals surface area contributed by atoms with Crippen molar-refractivity contribution in [2.75, 3.05) is 19.1 Å². The zero-order valence-electron chi connectivity index (χ0n) is 11.7. The summed E-state index contributed by atoms with van der Waals surface area (Å²) in [6.45, 7) is 7.86. The maximum Gasteiger partial charge on any atom is 0.397 e. The van der Waals surface area contributed by atoms with Gasteiger partial charge in [-0.2, -0.15) is 0 Å². The Kier molecular flexibility index (Phi) is 4.11. The molecule has 0 spiro atoms. The Labute approximate surface area is 108 Å². The second-order valence-corrected chi connectivity index (χ2v) is 4.46. The first kappa shape index (κ1) is 14.2. The van der Waals surface area contributed by atoms with E-state index >= 15 is 0 Å². The lowest BCUT2D eigenvalue weighted by Gasteiger charge is -2.23. The van der Waals surface area contributed by atoms with E-state index in [9.17, 15) is 9.59 Å². The van der Waals surface area contributed by atoms with Gasteiger partial charge in [0.1, 0.15) is 0 Å². The first-order valence-electron chi connectivity index (χ1n) is 5.74. The molecule has 4 heteroatoms. The van der Waals surface area contributed by atoms with Gasteiger partial charge in [-0.3, -0.25) is 4.79 Å². The molecule has 0 N–H and O–H groups in total. The topological polar surface area (TPSA) is 46.6 Å². The number of esters is 1. The second-order valence-electron chi connectivity index (χ2n) is 4.46. The van der Waals surface area contributed by atoms with E-state index in [1.807, 2.05) is 27.7 Å². The van der Waals surface area contributed by atoms with Crippen LogP contribution in [0.15, 0.2) is 6.07 Å². The second kappa shape index (κ2) is 5.21. The molecule has 0 saturated heterocycles. The van der Waals surface area contributed by atoms with Crippen molar-refractivity contribution in [1.29, 1.82) is 0 Å². The average molecular weight is 249 g/mol. The van der Waals surface area contributed by atoms with Gasteiger partial charge in [-0.25, -0.2) is 4.79 Å². The fourth-order valence-electron chi connectivity index (χ4n) is 2.02. The smallest absolute Gasteiger partial charge is 0.397 e. The molecule has 0 atom stereocenters. The van der Waals surface area contributed by atoms with Gasteiger partial charge in [-0.15, -0.1) is 0 Å². The number of hydrogen-bond donors (Lipinski definition) is 0. The van der Waals surface area contributed by atoms with Crippen molar-refractivity contribution >= 4 is 17.6 Å². The number of rotatable bonds is 1. The number of methoxy groups -OCH3 is 1. The number of aryl methyl sites for hydroxylation is 2. The van der Waals surface area contributed by atoms with Crippen molar-refractivity contribution < 1.29 is 14.3 Å². The fourth-order valence-corrected chi connectivity index (χ4v) is 2.02. The highest BCUT2D eigenvalue weighted by Gasteiger charge is 2.24. The first-order chi connectivity index (χ1) is 8.31. The van der Waals surface area contributed by atoms with E-state index in [4.69, 9.17) is 0 Å². The molecule has 0 bridgehead atoms. The first-order valence-corrected chi connectivity index (χ1v) is 5.74. The Hall–Kier alpha value is -1.84. The van der Waals surface area contributed by atoms with Crippen LogP contribution in [-0.2, 0) is 14.3 Å². The zero-order valence-corrected chi connectivity index (χ0v) is 11.7. The van der Waals surface area contributed by atoms with Gasteiger partial charge in [0.15, 0.2) is 0 Å². The highest BCUT2D eigenvalue weighted by Crippen LogP contribution is 2.29. The maximum atomic E-state index is 11.9. The third-order valence-electron chi connectivity index (χ3n) is 3.33. The quantitative estimate of drug-likeness (QED) is 0.565. The third kappa shape index (κ3) is 2.37. The number of hydrogen-bond acceptors (Lipinski definition) is 3. The van der Waals surface area contributed by atoms with Gasteiger partial charge in [-0.1, -0.05) is 6.07 Å². The Morgan fingerprint density at radius 3 is 1.89 bits per heavy atom. The molecule has 0 aliphatic heterocycles. The summed E-state index contributed by atoms with van der Waals surface area (Å²) in [7, 11) is 2.79. The summed E-state index contributed by atoms with van der Waals surface area (Å²) in [5.74, 6) is -1.51. The van der Waals surface area contributed by atoms with Crippen LogP contribution >= 0.6 is 0 Å². The summed E-state index contributed by atoms with van der Waals surface area (Å²) in [6, 6.07) is 2.07.